The topological polar surface area (TPSA) is 38.5 Å². The maximum atomic E-state index is 6.27. The van der Waals surface area contributed by atoms with Crippen LogP contribution in [0, 0.1) is 0 Å². The molecule has 17 heavy (non-hydrogen) atoms. The molecule has 1 aromatic carbocycles. The van der Waals surface area contributed by atoms with E-state index in [1.165, 1.54) is 0 Å². The molecule has 0 aromatic heterocycles. The van der Waals surface area contributed by atoms with Crippen molar-refractivity contribution in [3.05, 3.63) is 28.2 Å². The van der Waals surface area contributed by atoms with Crippen LogP contribution < -0.4 is 10.5 Å². The van der Waals surface area contributed by atoms with Gasteiger partial charge in [-0.2, -0.15) is 0 Å². The molecule has 0 spiro atoms. The zero-order valence-corrected chi connectivity index (χ0v) is 12.7. The molecular weight excluding hydrogens is 280 g/mol. The predicted molar refractivity (Wildman–Crippen MR) is 75.4 cm³/mol. The zero-order chi connectivity index (χ0) is 13.2. The van der Waals surface area contributed by atoms with Gasteiger partial charge in [0.05, 0.1) is 13.2 Å². The second kappa shape index (κ2) is 5.38. The number of halogens is 1. The second-order valence-corrected chi connectivity index (χ2v) is 5.99. The van der Waals surface area contributed by atoms with Crippen LogP contribution in [0.15, 0.2) is 22.7 Å². The molecule has 0 aliphatic carbocycles. The molecule has 3 nitrogen and oxygen atoms in total. The molecule has 4 heteroatoms. The number of hydrogen-bond acceptors (Lipinski definition) is 3. The molecule has 0 amide bonds. The molecule has 0 radical (unpaired) electrons. The lowest BCUT2D eigenvalue weighted by molar-refractivity contribution is 0.199. The molecule has 0 bridgehead atoms. The summed E-state index contributed by atoms with van der Waals surface area (Å²) in [5.74, 6) is 0.866. The summed E-state index contributed by atoms with van der Waals surface area (Å²) in [6.45, 7) is 4.05. The van der Waals surface area contributed by atoms with Crippen molar-refractivity contribution in [2.45, 2.75) is 25.4 Å². The lowest BCUT2D eigenvalue weighted by Crippen LogP contribution is -2.46. The standard InChI is InChI=1S/C13H21BrN2O/c1-13(2,15)12(16(3)4)10-8-9(14)6-7-11(10)17-5/h6-8,12H,15H2,1-5H3. The van der Waals surface area contributed by atoms with Gasteiger partial charge in [-0.05, 0) is 46.1 Å². The maximum Gasteiger partial charge on any atom is 0.123 e. The molecule has 0 saturated carbocycles. The van der Waals surface area contributed by atoms with Crippen molar-refractivity contribution in [1.29, 1.82) is 0 Å². The number of hydrogen-bond donors (Lipinski definition) is 1. The molecule has 0 aliphatic heterocycles. The Hall–Kier alpha value is -0.580. The van der Waals surface area contributed by atoms with E-state index in [1.807, 2.05) is 40.1 Å². The minimum Gasteiger partial charge on any atom is -0.496 e. The zero-order valence-electron chi connectivity index (χ0n) is 11.1. The molecule has 0 fully saturated rings. The number of nitrogens with zero attached hydrogens (tertiary/aromatic N) is 1. The van der Waals surface area contributed by atoms with Gasteiger partial charge in [-0.15, -0.1) is 0 Å². The number of nitrogens with two attached hydrogens (primary N) is 1. The first-order valence-corrected chi connectivity index (χ1v) is 6.35. The van der Waals surface area contributed by atoms with Crippen molar-refractivity contribution in [2.24, 2.45) is 5.73 Å². The van der Waals surface area contributed by atoms with E-state index in [4.69, 9.17) is 10.5 Å². The molecule has 1 atom stereocenters. The summed E-state index contributed by atoms with van der Waals surface area (Å²) in [6, 6.07) is 6.09. The van der Waals surface area contributed by atoms with Crippen LogP contribution in [0.1, 0.15) is 25.5 Å². The fourth-order valence-corrected chi connectivity index (χ4v) is 2.64. The molecule has 0 heterocycles. The third kappa shape index (κ3) is 3.44. The Morgan fingerprint density at radius 3 is 2.35 bits per heavy atom. The first-order chi connectivity index (χ1) is 7.77. The molecule has 1 aromatic rings. The molecular formula is C13H21BrN2O. The average molecular weight is 301 g/mol. The highest BCUT2D eigenvalue weighted by atomic mass is 79.9. The fraction of sp³-hybridized carbons (Fsp3) is 0.538. The molecule has 96 valence electrons. The Morgan fingerprint density at radius 1 is 1.35 bits per heavy atom. The third-order valence-electron chi connectivity index (χ3n) is 2.71. The normalized spacial score (nSPS) is 13.9. The minimum absolute atomic E-state index is 0.0925. The van der Waals surface area contributed by atoms with Crippen LogP contribution in [0.3, 0.4) is 0 Å². The van der Waals surface area contributed by atoms with Crippen LogP contribution in [0.4, 0.5) is 0 Å². The van der Waals surface area contributed by atoms with Gasteiger partial charge in [-0.1, -0.05) is 15.9 Å². The van der Waals surface area contributed by atoms with E-state index >= 15 is 0 Å². The highest BCUT2D eigenvalue weighted by Crippen LogP contribution is 2.36. The van der Waals surface area contributed by atoms with E-state index in [2.05, 4.69) is 26.9 Å². The Bertz CT molecular complexity index is 385. The van der Waals surface area contributed by atoms with E-state index in [0.717, 1.165) is 15.8 Å². The molecule has 1 unspecified atom stereocenters. The Kier molecular flexibility index (Phi) is 4.58. The van der Waals surface area contributed by atoms with Crippen molar-refractivity contribution in [1.82, 2.24) is 4.90 Å². The molecule has 0 saturated heterocycles. The van der Waals surface area contributed by atoms with E-state index in [9.17, 15) is 0 Å². The van der Waals surface area contributed by atoms with Crippen molar-refractivity contribution in [3.8, 4) is 5.75 Å². The number of ether oxygens (including phenoxy) is 1. The minimum atomic E-state index is -0.350. The summed E-state index contributed by atoms with van der Waals surface area (Å²) < 4.78 is 6.46. The van der Waals surface area contributed by atoms with Crippen LogP contribution in [-0.4, -0.2) is 31.6 Å². The van der Waals surface area contributed by atoms with Gasteiger partial charge >= 0.3 is 0 Å². The number of methoxy groups -OCH3 is 1. The molecule has 2 N–H and O–H groups in total. The van der Waals surface area contributed by atoms with Gasteiger partial charge in [0.25, 0.3) is 0 Å². The first kappa shape index (κ1) is 14.5. The second-order valence-electron chi connectivity index (χ2n) is 5.07. The number of rotatable bonds is 4. The maximum absolute atomic E-state index is 6.27. The highest BCUT2D eigenvalue weighted by molar-refractivity contribution is 9.10. The van der Waals surface area contributed by atoms with Crippen LogP contribution in [0.2, 0.25) is 0 Å². The van der Waals surface area contributed by atoms with Crippen LogP contribution in [0.5, 0.6) is 5.75 Å². The Balaban J connectivity index is 3.32. The smallest absolute Gasteiger partial charge is 0.123 e. The van der Waals surface area contributed by atoms with Gasteiger partial charge in [0.1, 0.15) is 5.75 Å². The van der Waals surface area contributed by atoms with E-state index < -0.39 is 0 Å². The Morgan fingerprint density at radius 2 is 1.94 bits per heavy atom. The molecule has 1 rings (SSSR count). The fourth-order valence-electron chi connectivity index (χ4n) is 2.26. The summed E-state index contributed by atoms with van der Waals surface area (Å²) in [5.41, 5.74) is 7.02. The number of likely N-dealkylation sites (N-methyl/N-ethyl adjacent to an activating group) is 1. The largest absolute Gasteiger partial charge is 0.496 e. The Labute approximate surface area is 112 Å². The SMILES string of the molecule is COc1ccc(Br)cc1C(N(C)C)C(C)(C)N. The van der Waals surface area contributed by atoms with Crippen molar-refractivity contribution in [3.63, 3.8) is 0 Å². The van der Waals surface area contributed by atoms with Gasteiger partial charge in [0, 0.05) is 15.6 Å². The monoisotopic (exact) mass is 300 g/mol. The van der Waals surface area contributed by atoms with Crippen molar-refractivity contribution in [2.75, 3.05) is 21.2 Å². The predicted octanol–water partition coefficient (Wildman–Crippen LogP) is 2.80. The quantitative estimate of drug-likeness (QED) is 0.929. The summed E-state index contributed by atoms with van der Waals surface area (Å²) in [7, 11) is 5.74. The van der Waals surface area contributed by atoms with E-state index in [0.29, 0.717) is 0 Å². The van der Waals surface area contributed by atoms with Gasteiger partial charge < -0.3 is 15.4 Å². The average Bonchev–Trinajstić information content (AvgIpc) is 2.15. The summed E-state index contributed by atoms with van der Waals surface area (Å²) in [4.78, 5) is 2.12. The summed E-state index contributed by atoms with van der Waals surface area (Å²) in [6.07, 6.45) is 0. The lowest BCUT2D eigenvalue weighted by atomic mass is 9.88. The van der Waals surface area contributed by atoms with Gasteiger partial charge in [0.15, 0.2) is 0 Å². The van der Waals surface area contributed by atoms with E-state index in [1.54, 1.807) is 7.11 Å². The van der Waals surface area contributed by atoms with Crippen molar-refractivity contribution >= 4 is 15.9 Å². The summed E-state index contributed by atoms with van der Waals surface area (Å²) >= 11 is 3.49. The summed E-state index contributed by atoms with van der Waals surface area (Å²) in [5, 5.41) is 0. The van der Waals surface area contributed by atoms with Gasteiger partial charge in [-0.3, -0.25) is 0 Å². The van der Waals surface area contributed by atoms with E-state index in [-0.39, 0.29) is 11.6 Å². The van der Waals surface area contributed by atoms with Gasteiger partial charge in [-0.25, -0.2) is 0 Å². The number of benzene rings is 1. The van der Waals surface area contributed by atoms with Crippen LogP contribution >= 0.6 is 15.9 Å². The van der Waals surface area contributed by atoms with Crippen molar-refractivity contribution < 1.29 is 4.74 Å². The third-order valence-corrected chi connectivity index (χ3v) is 3.20. The van der Waals surface area contributed by atoms with Crippen LogP contribution in [-0.2, 0) is 0 Å². The van der Waals surface area contributed by atoms with Gasteiger partial charge in [0.2, 0.25) is 0 Å². The van der Waals surface area contributed by atoms with Crippen LogP contribution in [0.25, 0.3) is 0 Å². The molecule has 0 aliphatic rings. The first-order valence-electron chi connectivity index (χ1n) is 5.56. The lowest BCUT2D eigenvalue weighted by Gasteiger charge is -2.37. The highest BCUT2D eigenvalue weighted by Gasteiger charge is 2.31.